The van der Waals surface area contributed by atoms with Crippen LogP contribution >= 0.6 is 0 Å². The monoisotopic (exact) mass is 186 g/mol. The van der Waals surface area contributed by atoms with Crippen molar-refractivity contribution in [3.63, 3.8) is 0 Å². The third-order valence-electron chi connectivity index (χ3n) is 1.81. The molecule has 1 aliphatic rings. The Bertz CT molecular complexity index is 274. The first-order chi connectivity index (χ1) is 6.02. The van der Waals surface area contributed by atoms with E-state index < -0.39 is 11.9 Å². The molecule has 0 amide bonds. The lowest BCUT2D eigenvalue weighted by Gasteiger charge is -2.20. The predicted octanol–water partition coefficient (Wildman–Crippen LogP) is -0.742. The first-order valence-corrected chi connectivity index (χ1v) is 3.78. The van der Waals surface area contributed by atoms with Crippen LogP contribution in [0, 0.1) is 0 Å². The first-order valence-electron chi connectivity index (χ1n) is 3.78. The highest BCUT2D eigenvalue weighted by Crippen LogP contribution is 2.09. The van der Waals surface area contributed by atoms with Crippen LogP contribution < -0.4 is 0 Å². The maximum Gasteiger partial charge on any atom is 0.371 e. The minimum Gasteiger partial charge on any atom is -0.480 e. The number of rotatable bonds is 3. The summed E-state index contributed by atoms with van der Waals surface area (Å²) in [4.78, 5) is 26.0. The molecule has 0 saturated heterocycles. The molecule has 2 N–H and O–H groups in total. The fourth-order valence-electron chi connectivity index (χ4n) is 1.18. The molecule has 0 aromatic heterocycles. The van der Waals surface area contributed by atoms with Crippen molar-refractivity contribution >= 4 is 17.8 Å². The minimum absolute atomic E-state index is 0.151. The van der Waals surface area contributed by atoms with Crippen molar-refractivity contribution in [1.29, 1.82) is 0 Å². The summed E-state index contributed by atoms with van der Waals surface area (Å²) in [5.74, 6) is -2.39. The summed E-state index contributed by atoms with van der Waals surface area (Å²) in [7, 11) is 0. The summed E-state index contributed by atoms with van der Waals surface area (Å²) < 4.78 is 0. The molecule has 0 fully saturated rings. The molecule has 6 nitrogen and oxygen atoms in total. The second-order valence-electron chi connectivity index (χ2n) is 2.84. The molecule has 0 aromatic carbocycles. The summed E-state index contributed by atoms with van der Waals surface area (Å²) in [6.45, 7) is 1.77. The fourth-order valence-corrected chi connectivity index (χ4v) is 1.18. The number of hydrogen-bond acceptors (Lipinski definition) is 4. The molecule has 1 unspecified atom stereocenters. The number of carboxylic acids is 2. The van der Waals surface area contributed by atoms with Crippen LogP contribution in [0.4, 0.5) is 0 Å². The third kappa shape index (κ3) is 1.95. The molecule has 1 heterocycles. The highest BCUT2D eigenvalue weighted by Gasteiger charge is 2.30. The van der Waals surface area contributed by atoms with Gasteiger partial charge in [0.2, 0.25) is 5.84 Å². The molecular formula is C7H10N2O4. The largest absolute Gasteiger partial charge is 0.480 e. The number of nitrogens with zero attached hydrogens (tertiary/aromatic N) is 2. The van der Waals surface area contributed by atoms with Crippen LogP contribution in [0.3, 0.4) is 0 Å². The maximum atomic E-state index is 10.6. The van der Waals surface area contributed by atoms with Gasteiger partial charge < -0.3 is 15.1 Å². The van der Waals surface area contributed by atoms with Crippen molar-refractivity contribution in [2.24, 2.45) is 4.99 Å². The van der Waals surface area contributed by atoms with E-state index in [4.69, 9.17) is 10.2 Å². The number of amidine groups is 1. The SMILES string of the molecule is CC1CN=C(C(=O)O)N1CC(=O)O. The average Bonchev–Trinajstić information content (AvgIpc) is 2.32. The highest BCUT2D eigenvalue weighted by molar-refractivity contribution is 6.35. The molecule has 1 rings (SSSR count). The number of carboxylic acid groups (broad SMARTS) is 2. The Morgan fingerprint density at radius 1 is 1.62 bits per heavy atom. The summed E-state index contributed by atoms with van der Waals surface area (Å²) in [6, 6.07) is -0.151. The second kappa shape index (κ2) is 3.42. The van der Waals surface area contributed by atoms with E-state index in [0.29, 0.717) is 6.54 Å². The summed E-state index contributed by atoms with van der Waals surface area (Å²) in [5, 5.41) is 17.2. The smallest absolute Gasteiger partial charge is 0.371 e. The van der Waals surface area contributed by atoms with Gasteiger partial charge in [-0.05, 0) is 6.92 Å². The molecule has 0 spiro atoms. The lowest BCUT2D eigenvalue weighted by molar-refractivity contribution is -0.137. The number of aliphatic carboxylic acids is 2. The van der Waals surface area contributed by atoms with Gasteiger partial charge in [-0.1, -0.05) is 0 Å². The first kappa shape index (κ1) is 9.50. The fraction of sp³-hybridized carbons (Fsp3) is 0.571. The number of hydrogen-bond donors (Lipinski definition) is 2. The van der Waals surface area contributed by atoms with E-state index in [1.807, 2.05) is 0 Å². The highest BCUT2D eigenvalue weighted by atomic mass is 16.4. The van der Waals surface area contributed by atoms with E-state index in [1.54, 1.807) is 6.92 Å². The van der Waals surface area contributed by atoms with Crippen LogP contribution in [0.15, 0.2) is 4.99 Å². The molecule has 0 aliphatic carbocycles. The topological polar surface area (TPSA) is 90.2 Å². The summed E-state index contributed by atoms with van der Waals surface area (Å²) in [5.41, 5.74) is 0. The van der Waals surface area contributed by atoms with Crippen LogP contribution in [0.5, 0.6) is 0 Å². The van der Waals surface area contributed by atoms with E-state index in [0.717, 1.165) is 0 Å². The van der Waals surface area contributed by atoms with Gasteiger partial charge in [-0.25, -0.2) is 4.79 Å². The Morgan fingerprint density at radius 2 is 2.23 bits per heavy atom. The molecule has 0 bridgehead atoms. The van der Waals surface area contributed by atoms with Crippen LogP contribution in [0.2, 0.25) is 0 Å². The Labute approximate surface area is 74.5 Å². The zero-order valence-electron chi connectivity index (χ0n) is 7.10. The Balaban J connectivity index is 2.74. The summed E-state index contributed by atoms with van der Waals surface area (Å²) >= 11 is 0. The van der Waals surface area contributed by atoms with Crippen molar-refractivity contribution in [3.8, 4) is 0 Å². The second-order valence-corrected chi connectivity index (χ2v) is 2.84. The van der Waals surface area contributed by atoms with Gasteiger partial charge in [-0.15, -0.1) is 0 Å². The molecule has 72 valence electrons. The van der Waals surface area contributed by atoms with Crippen LogP contribution in [-0.2, 0) is 9.59 Å². The van der Waals surface area contributed by atoms with Crippen molar-refractivity contribution in [1.82, 2.24) is 4.90 Å². The Hall–Kier alpha value is -1.59. The molecule has 0 aromatic rings. The van der Waals surface area contributed by atoms with Gasteiger partial charge in [0.25, 0.3) is 0 Å². The molecule has 13 heavy (non-hydrogen) atoms. The van der Waals surface area contributed by atoms with Gasteiger partial charge in [0, 0.05) is 6.04 Å². The van der Waals surface area contributed by atoms with Crippen molar-refractivity contribution in [2.45, 2.75) is 13.0 Å². The van der Waals surface area contributed by atoms with Gasteiger partial charge in [0.1, 0.15) is 6.54 Å². The van der Waals surface area contributed by atoms with Crippen LogP contribution in [0.1, 0.15) is 6.92 Å². The van der Waals surface area contributed by atoms with Gasteiger partial charge in [-0.3, -0.25) is 9.79 Å². The quantitative estimate of drug-likeness (QED) is 0.605. The molecular weight excluding hydrogens is 176 g/mol. The summed E-state index contributed by atoms with van der Waals surface area (Å²) in [6.07, 6.45) is 0. The van der Waals surface area contributed by atoms with Crippen molar-refractivity contribution < 1.29 is 19.8 Å². The Kier molecular flexibility index (Phi) is 2.50. The van der Waals surface area contributed by atoms with E-state index in [2.05, 4.69) is 4.99 Å². The molecule has 0 saturated carbocycles. The van der Waals surface area contributed by atoms with Gasteiger partial charge in [0.05, 0.1) is 6.54 Å². The van der Waals surface area contributed by atoms with Gasteiger partial charge in [-0.2, -0.15) is 0 Å². The van der Waals surface area contributed by atoms with Crippen LogP contribution in [-0.4, -0.2) is 52.0 Å². The molecule has 1 atom stereocenters. The molecule has 0 radical (unpaired) electrons. The normalized spacial score (nSPS) is 21.5. The Morgan fingerprint density at radius 3 is 2.69 bits per heavy atom. The third-order valence-corrected chi connectivity index (χ3v) is 1.81. The standard InChI is InChI=1S/C7H10N2O4/c1-4-2-8-6(7(12)13)9(4)3-5(10)11/h4H,2-3H2,1H3,(H,10,11)(H,12,13). The number of aliphatic imine (C=N–C) groups is 1. The van der Waals surface area contributed by atoms with Crippen LogP contribution in [0.25, 0.3) is 0 Å². The maximum absolute atomic E-state index is 10.6. The zero-order chi connectivity index (χ0) is 10.0. The molecule has 6 heteroatoms. The van der Waals surface area contributed by atoms with E-state index in [-0.39, 0.29) is 18.4 Å². The van der Waals surface area contributed by atoms with E-state index in [9.17, 15) is 9.59 Å². The van der Waals surface area contributed by atoms with E-state index >= 15 is 0 Å². The molecule has 1 aliphatic heterocycles. The van der Waals surface area contributed by atoms with E-state index in [1.165, 1.54) is 4.90 Å². The lowest BCUT2D eigenvalue weighted by Crippen LogP contribution is -2.41. The average molecular weight is 186 g/mol. The van der Waals surface area contributed by atoms with Crippen molar-refractivity contribution in [2.75, 3.05) is 13.1 Å². The zero-order valence-corrected chi connectivity index (χ0v) is 7.10. The van der Waals surface area contributed by atoms with Gasteiger partial charge in [0.15, 0.2) is 0 Å². The van der Waals surface area contributed by atoms with Crippen molar-refractivity contribution in [3.05, 3.63) is 0 Å². The number of carbonyl (C=O) groups is 2. The predicted molar refractivity (Wildman–Crippen MR) is 43.7 cm³/mol. The van der Waals surface area contributed by atoms with Gasteiger partial charge >= 0.3 is 11.9 Å². The lowest BCUT2D eigenvalue weighted by atomic mass is 10.3. The minimum atomic E-state index is -1.18.